The largest absolute Gasteiger partial charge is 1.00 e. The topological polar surface area (TPSA) is 87.7 Å². The van der Waals surface area contributed by atoms with Crippen LogP contribution in [0.15, 0.2) is 26.3 Å². The predicted molar refractivity (Wildman–Crippen MR) is 129 cm³/mol. The molecule has 8 nitrogen and oxygen atoms in total. The van der Waals surface area contributed by atoms with Crippen LogP contribution < -0.4 is 10.9 Å². The van der Waals surface area contributed by atoms with Crippen LogP contribution in [0.25, 0.3) is 0 Å². The predicted octanol–water partition coefficient (Wildman–Crippen LogP) is 2.67. The normalized spacial score (nSPS) is 13.3. The average molecular weight is 502 g/mol. The Morgan fingerprint density at radius 2 is 1.83 bits per heavy atom. The summed E-state index contributed by atoms with van der Waals surface area (Å²) >= 11 is 6.71. The zero-order valence-electron chi connectivity index (χ0n) is 18.7. The minimum atomic E-state index is 0. The zero-order chi connectivity index (χ0) is 21.8. The van der Waals surface area contributed by atoms with E-state index in [1.807, 2.05) is 27.0 Å². The van der Waals surface area contributed by atoms with Gasteiger partial charge in [0.2, 0.25) is 0 Å². The van der Waals surface area contributed by atoms with E-state index in [0.717, 1.165) is 28.7 Å². The first kappa shape index (κ1) is 28.6. The van der Waals surface area contributed by atoms with Gasteiger partial charge in [0.25, 0.3) is 0 Å². The summed E-state index contributed by atoms with van der Waals surface area (Å²) in [6, 6.07) is 2.10. The second-order valence-corrected chi connectivity index (χ2v) is 7.26. The number of aryl methyl sites for hydroxylation is 1. The van der Waals surface area contributed by atoms with E-state index in [4.69, 9.17) is 17.4 Å². The van der Waals surface area contributed by atoms with Gasteiger partial charge in [0.15, 0.2) is 5.17 Å². The van der Waals surface area contributed by atoms with Crippen LogP contribution >= 0.6 is 11.8 Å². The Balaban J connectivity index is 0.00000841. The van der Waals surface area contributed by atoms with E-state index in [1.54, 1.807) is 7.11 Å². The molecule has 0 aromatic carbocycles. The first-order valence-electron chi connectivity index (χ1n) is 9.49. The fourth-order valence-corrected chi connectivity index (χ4v) is 3.23. The Kier molecular flexibility index (Phi) is 14.7. The molecule has 1 aromatic rings. The van der Waals surface area contributed by atoms with Gasteiger partial charge in [0.05, 0.1) is 12.3 Å². The van der Waals surface area contributed by atoms with Crippen molar-refractivity contribution in [2.45, 2.75) is 41.2 Å². The number of hydrazone groups is 2. The average Bonchev–Trinajstić information content (AvgIpc) is 2.97. The van der Waals surface area contributed by atoms with Crippen molar-refractivity contribution in [1.29, 1.82) is 0 Å². The molecule has 0 unspecified atom stereocenters. The third-order valence-electron chi connectivity index (χ3n) is 4.07. The Hall–Kier alpha value is -1.39. The molecule has 1 rings (SSSR count). The van der Waals surface area contributed by atoms with Gasteiger partial charge in [-0.1, -0.05) is 11.8 Å². The van der Waals surface area contributed by atoms with Crippen LogP contribution in [-0.4, -0.2) is 59.4 Å². The fraction of sp³-hybridized carbons (Fsp3) is 0.579. The molecule has 0 saturated heterocycles. The molecule has 0 spiro atoms. The number of aliphatic imine (C=N–C) groups is 2. The number of aromatic nitrogens is 1. The molecule has 0 saturated carbocycles. The molecule has 0 amide bonds. The van der Waals surface area contributed by atoms with Crippen LogP contribution in [0.2, 0.25) is 0 Å². The number of hydrogen-bond acceptors (Lipinski definition) is 7. The summed E-state index contributed by atoms with van der Waals surface area (Å²) in [6.45, 7) is 12.6. The van der Waals surface area contributed by atoms with Gasteiger partial charge in [-0.05, 0) is 52.1 Å². The quantitative estimate of drug-likeness (QED) is 0.178. The summed E-state index contributed by atoms with van der Waals surface area (Å²) in [5.41, 5.74) is 10.5. The van der Waals surface area contributed by atoms with Crippen LogP contribution in [0.4, 0.5) is 0 Å². The van der Waals surface area contributed by atoms with Crippen LogP contribution in [0.5, 0.6) is 0 Å². The van der Waals surface area contributed by atoms with Gasteiger partial charge in [-0.25, -0.2) is 0 Å². The molecule has 0 aliphatic heterocycles. The van der Waals surface area contributed by atoms with Gasteiger partial charge in [0.1, 0.15) is 5.71 Å². The van der Waals surface area contributed by atoms with Crippen molar-refractivity contribution in [3.8, 4) is 0 Å². The number of nitrogens with one attached hydrogen (secondary N) is 2. The van der Waals surface area contributed by atoms with Gasteiger partial charge >= 0.3 is 17.1 Å². The fourth-order valence-electron chi connectivity index (χ4n) is 2.66. The molecule has 0 aliphatic rings. The molecule has 172 valence electrons. The SMILES string of the molecule is CCN=C([S-])N/N=C(/C(C)=N/NC(=NCC)SC)c1cc(C)n(CCOC)c1C.[Cu+]. The number of rotatable bonds is 9. The first-order chi connectivity index (χ1) is 13.9. The number of ether oxygens (including phenoxy) is 1. The van der Waals surface area contributed by atoms with Crippen molar-refractivity contribution in [3.63, 3.8) is 0 Å². The molecule has 2 N–H and O–H groups in total. The van der Waals surface area contributed by atoms with Crippen molar-refractivity contribution >= 4 is 46.1 Å². The van der Waals surface area contributed by atoms with Crippen molar-refractivity contribution in [3.05, 3.63) is 23.0 Å². The van der Waals surface area contributed by atoms with Gasteiger partial charge in [0, 0.05) is 43.7 Å². The van der Waals surface area contributed by atoms with Crippen molar-refractivity contribution in [2.24, 2.45) is 20.2 Å². The van der Waals surface area contributed by atoms with Gasteiger partial charge in [-0.15, -0.1) is 0 Å². The Labute approximate surface area is 200 Å². The van der Waals surface area contributed by atoms with E-state index < -0.39 is 0 Å². The molecule has 0 radical (unpaired) electrons. The summed E-state index contributed by atoms with van der Waals surface area (Å²) < 4.78 is 7.44. The van der Waals surface area contributed by atoms with E-state index in [2.05, 4.69) is 55.5 Å². The maximum Gasteiger partial charge on any atom is 1.00 e. The molecule has 1 aromatic heterocycles. The standard InChI is InChI=1S/C19H33N7OS2.Cu/c1-8-20-18(28)24-23-17(14(4)22-25-19(29-7)21-9-2)16-12-13(3)26(15(16)5)10-11-27-6;/h12H,8-11H2,1-7H3,(H,21,25)(H2,20,24,28);/q;+1/p-1/b22-14+,23-17-;. The second-order valence-electron chi connectivity index (χ2n) is 6.07. The first-order valence-corrected chi connectivity index (χ1v) is 11.1. The van der Waals surface area contributed by atoms with Crippen molar-refractivity contribution in [1.82, 2.24) is 15.4 Å². The summed E-state index contributed by atoms with van der Waals surface area (Å²) in [5.74, 6) is 0. The third kappa shape index (κ3) is 8.77. The number of hydrogen-bond donors (Lipinski definition) is 2. The van der Waals surface area contributed by atoms with E-state index in [9.17, 15) is 0 Å². The third-order valence-corrected chi connectivity index (χ3v) is 4.90. The van der Waals surface area contributed by atoms with Gasteiger partial charge in [-0.2, -0.15) is 10.2 Å². The van der Waals surface area contributed by atoms with Crippen LogP contribution in [0.1, 0.15) is 37.7 Å². The number of nitrogens with zero attached hydrogens (tertiary/aromatic N) is 5. The summed E-state index contributed by atoms with van der Waals surface area (Å²) in [6.07, 6.45) is 1.96. The second kappa shape index (κ2) is 15.4. The Morgan fingerprint density at radius 3 is 2.40 bits per heavy atom. The molecular formula is C19H32CuN7OS2. The van der Waals surface area contributed by atoms with E-state index in [1.165, 1.54) is 11.8 Å². The molecule has 30 heavy (non-hydrogen) atoms. The van der Waals surface area contributed by atoms with Crippen LogP contribution in [-0.2, 0) is 41.0 Å². The summed E-state index contributed by atoms with van der Waals surface area (Å²) in [5, 5.41) is 10.1. The van der Waals surface area contributed by atoms with Crippen molar-refractivity contribution < 1.29 is 21.8 Å². The minimum Gasteiger partial charge on any atom is -0.741 e. The van der Waals surface area contributed by atoms with Gasteiger partial charge in [-0.3, -0.25) is 20.8 Å². The van der Waals surface area contributed by atoms with E-state index in [0.29, 0.717) is 36.3 Å². The van der Waals surface area contributed by atoms with E-state index >= 15 is 0 Å². The van der Waals surface area contributed by atoms with Gasteiger partial charge < -0.3 is 21.9 Å². The number of thioether (sulfide) groups is 1. The molecule has 1 heterocycles. The molecule has 0 bridgehead atoms. The number of methoxy groups -OCH3 is 1. The summed E-state index contributed by atoms with van der Waals surface area (Å²) in [4.78, 5) is 8.53. The molecule has 0 atom stereocenters. The Morgan fingerprint density at radius 1 is 1.17 bits per heavy atom. The van der Waals surface area contributed by atoms with Crippen molar-refractivity contribution in [2.75, 3.05) is 33.1 Å². The molecule has 11 heteroatoms. The molecular weight excluding hydrogens is 470 g/mol. The molecule has 0 fully saturated rings. The zero-order valence-corrected chi connectivity index (χ0v) is 21.2. The Bertz CT molecular complexity index is 788. The molecule has 0 aliphatic carbocycles. The number of amidine groups is 2. The smallest absolute Gasteiger partial charge is 0.741 e. The minimum absolute atomic E-state index is 0. The summed E-state index contributed by atoms with van der Waals surface area (Å²) in [7, 11) is 1.70. The maximum absolute atomic E-state index is 5.24. The maximum atomic E-state index is 5.24. The van der Waals surface area contributed by atoms with Crippen LogP contribution in [0.3, 0.4) is 0 Å². The monoisotopic (exact) mass is 501 g/mol. The van der Waals surface area contributed by atoms with Crippen LogP contribution in [0, 0.1) is 13.8 Å². The van der Waals surface area contributed by atoms with E-state index in [-0.39, 0.29) is 17.1 Å².